The second kappa shape index (κ2) is 8.37. The van der Waals surface area contributed by atoms with Crippen molar-refractivity contribution in [3.63, 3.8) is 0 Å². The number of aliphatic hydroxyl groups excluding tert-OH is 1. The molecule has 0 aliphatic heterocycles. The second-order valence-corrected chi connectivity index (χ2v) is 6.08. The van der Waals surface area contributed by atoms with Gasteiger partial charge in [0.05, 0.1) is 6.61 Å². The topological polar surface area (TPSA) is 54.4 Å². The highest BCUT2D eigenvalue weighted by Crippen LogP contribution is 2.35. The summed E-state index contributed by atoms with van der Waals surface area (Å²) in [4.78, 5) is 26.4. The van der Waals surface area contributed by atoms with Gasteiger partial charge in [-0.2, -0.15) is 0 Å². The van der Waals surface area contributed by atoms with Gasteiger partial charge in [-0.25, -0.2) is 0 Å². The molecule has 1 N–H and O–H groups in total. The molecule has 3 heteroatoms. The predicted octanol–water partition coefficient (Wildman–Crippen LogP) is 4.11. The van der Waals surface area contributed by atoms with Gasteiger partial charge in [0.2, 0.25) is 0 Å². The minimum absolute atomic E-state index is 0.00112. The fraction of sp³-hybridized carbons (Fsp3) is 0.130. The molecule has 0 fully saturated rings. The highest BCUT2D eigenvalue weighted by molar-refractivity contribution is 6.37. The van der Waals surface area contributed by atoms with E-state index in [-0.39, 0.29) is 17.6 Å². The molecule has 0 bridgehead atoms. The van der Waals surface area contributed by atoms with Crippen LogP contribution in [0.15, 0.2) is 86.5 Å². The zero-order valence-corrected chi connectivity index (χ0v) is 14.7. The van der Waals surface area contributed by atoms with E-state index in [9.17, 15) is 14.7 Å². The molecule has 0 unspecified atom stereocenters. The lowest BCUT2D eigenvalue weighted by atomic mass is 9.71. The molecule has 0 atom stereocenters. The summed E-state index contributed by atoms with van der Waals surface area (Å²) in [6.07, 6.45) is 1.46. The Kier molecular flexibility index (Phi) is 6.21. The first-order chi connectivity index (χ1) is 12.5. The zero-order chi connectivity index (χ0) is 19.2. The van der Waals surface area contributed by atoms with Crippen molar-refractivity contribution in [2.24, 2.45) is 5.41 Å². The third-order valence-corrected chi connectivity index (χ3v) is 4.42. The molecule has 0 saturated carbocycles. The Labute approximate surface area is 154 Å². The summed E-state index contributed by atoms with van der Waals surface area (Å²) in [6.45, 7) is 10.7. The molecule has 3 nitrogen and oxygen atoms in total. The van der Waals surface area contributed by atoms with E-state index >= 15 is 0 Å². The molecular formula is C23H22O3. The minimum atomic E-state index is -1.68. The Bertz CT molecular complexity index is 769. The van der Waals surface area contributed by atoms with Gasteiger partial charge in [-0.05, 0) is 17.5 Å². The quantitative estimate of drug-likeness (QED) is 0.422. The van der Waals surface area contributed by atoms with E-state index < -0.39 is 23.6 Å². The van der Waals surface area contributed by atoms with Crippen LogP contribution in [0.5, 0.6) is 0 Å². The van der Waals surface area contributed by atoms with E-state index in [1.165, 1.54) is 6.08 Å². The Balaban J connectivity index is 2.45. The Morgan fingerprint density at radius 2 is 1.23 bits per heavy atom. The van der Waals surface area contributed by atoms with Gasteiger partial charge in [-0.1, -0.05) is 79.9 Å². The number of allylic oxidation sites excluding steroid dienone is 3. The van der Waals surface area contributed by atoms with Gasteiger partial charge in [-0.3, -0.25) is 9.59 Å². The summed E-state index contributed by atoms with van der Waals surface area (Å²) in [5, 5.41) is 10.1. The highest BCUT2D eigenvalue weighted by Gasteiger charge is 2.46. The van der Waals surface area contributed by atoms with Crippen LogP contribution in [-0.2, 0) is 9.59 Å². The van der Waals surface area contributed by atoms with Crippen molar-refractivity contribution in [1.82, 2.24) is 0 Å². The van der Waals surface area contributed by atoms with Crippen molar-refractivity contribution >= 4 is 22.7 Å². The molecule has 2 rings (SSSR count). The van der Waals surface area contributed by atoms with Gasteiger partial charge >= 0.3 is 0 Å². The van der Waals surface area contributed by atoms with Crippen LogP contribution in [0.4, 0.5) is 0 Å². The number of hydrogen-bond acceptors (Lipinski definition) is 3. The molecule has 0 spiro atoms. The van der Waals surface area contributed by atoms with E-state index in [1.807, 2.05) is 12.1 Å². The van der Waals surface area contributed by atoms with Crippen LogP contribution in [0.2, 0.25) is 0 Å². The molecular weight excluding hydrogens is 324 g/mol. The van der Waals surface area contributed by atoms with Crippen molar-refractivity contribution < 1.29 is 14.7 Å². The summed E-state index contributed by atoms with van der Waals surface area (Å²) in [7, 11) is 0. The molecule has 132 valence electrons. The maximum Gasteiger partial charge on any atom is 0.179 e. The first kappa shape index (κ1) is 19.3. The van der Waals surface area contributed by atoms with Crippen LogP contribution < -0.4 is 0 Å². The first-order valence-corrected chi connectivity index (χ1v) is 8.28. The van der Waals surface area contributed by atoms with Crippen LogP contribution in [0.3, 0.4) is 0 Å². The molecule has 2 aromatic rings. The number of aliphatic hydroxyl groups is 1. The second-order valence-electron chi connectivity index (χ2n) is 6.08. The standard InChI is InChI=1S/C23H22O3/c1-4-15-23(16-24,21(25)17(2)19-11-7-5-8-12-19)22(26)18(3)20-13-9-6-10-14-20/h4-14,24H,1-3,15-16H2. The Morgan fingerprint density at radius 1 is 0.846 bits per heavy atom. The van der Waals surface area contributed by atoms with Crippen LogP contribution in [-0.4, -0.2) is 23.3 Å². The molecule has 0 aliphatic rings. The molecule has 0 saturated heterocycles. The van der Waals surface area contributed by atoms with Gasteiger partial charge in [0.1, 0.15) is 5.41 Å². The van der Waals surface area contributed by atoms with E-state index in [4.69, 9.17) is 0 Å². The van der Waals surface area contributed by atoms with Crippen LogP contribution >= 0.6 is 0 Å². The average Bonchev–Trinajstić information content (AvgIpc) is 2.71. The summed E-state index contributed by atoms with van der Waals surface area (Å²) in [6, 6.07) is 17.8. The number of benzene rings is 2. The van der Waals surface area contributed by atoms with Crippen LogP contribution in [0, 0.1) is 5.41 Å². The Hall–Kier alpha value is -3.04. The maximum atomic E-state index is 13.2. The molecule has 0 heterocycles. The van der Waals surface area contributed by atoms with E-state index in [0.29, 0.717) is 11.1 Å². The summed E-state index contributed by atoms with van der Waals surface area (Å²) in [5.74, 6) is -1.04. The predicted molar refractivity (Wildman–Crippen MR) is 105 cm³/mol. The monoisotopic (exact) mass is 346 g/mol. The van der Waals surface area contributed by atoms with Gasteiger partial charge < -0.3 is 5.11 Å². The third-order valence-electron chi connectivity index (χ3n) is 4.42. The molecule has 0 aromatic heterocycles. The normalized spacial score (nSPS) is 10.8. The highest BCUT2D eigenvalue weighted by atomic mass is 16.3. The van der Waals surface area contributed by atoms with Crippen molar-refractivity contribution in [3.8, 4) is 0 Å². The molecule has 0 amide bonds. The van der Waals surface area contributed by atoms with Crippen molar-refractivity contribution in [3.05, 3.63) is 97.6 Å². The minimum Gasteiger partial charge on any atom is -0.395 e. The largest absolute Gasteiger partial charge is 0.395 e. The van der Waals surface area contributed by atoms with Crippen LogP contribution in [0.1, 0.15) is 17.5 Å². The van der Waals surface area contributed by atoms with Crippen molar-refractivity contribution in [1.29, 1.82) is 0 Å². The van der Waals surface area contributed by atoms with Gasteiger partial charge in [0, 0.05) is 11.1 Å². The van der Waals surface area contributed by atoms with E-state index in [1.54, 1.807) is 48.5 Å². The first-order valence-electron chi connectivity index (χ1n) is 8.28. The number of hydrogen-bond donors (Lipinski definition) is 1. The fourth-order valence-corrected chi connectivity index (χ4v) is 2.86. The van der Waals surface area contributed by atoms with Crippen molar-refractivity contribution in [2.45, 2.75) is 6.42 Å². The fourth-order valence-electron chi connectivity index (χ4n) is 2.86. The van der Waals surface area contributed by atoms with Crippen LogP contribution in [0.25, 0.3) is 11.1 Å². The van der Waals surface area contributed by atoms with Gasteiger partial charge in [0.25, 0.3) is 0 Å². The smallest absolute Gasteiger partial charge is 0.179 e. The number of rotatable bonds is 9. The lowest BCUT2D eigenvalue weighted by Gasteiger charge is -2.29. The molecule has 26 heavy (non-hydrogen) atoms. The van der Waals surface area contributed by atoms with Crippen molar-refractivity contribution in [2.75, 3.05) is 6.61 Å². The lowest BCUT2D eigenvalue weighted by Crippen LogP contribution is -2.43. The van der Waals surface area contributed by atoms with E-state index in [2.05, 4.69) is 19.7 Å². The molecule has 0 aliphatic carbocycles. The zero-order valence-electron chi connectivity index (χ0n) is 14.7. The SMILES string of the molecule is C=CCC(CO)(C(=O)C(=C)c1ccccc1)C(=O)C(=C)c1ccccc1. The van der Waals surface area contributed by atoms with E-state index in [0.717, 1.165) is 0 Å². The average molecular weight is 346 g/mol. The van der Waals surface area contributed by atoms with Gasteiger partial charge in [-0.15, -0.1) is 6.58 Å². The Morgan fingerprint density at radius 3 is 1.54 bits per heavy atom. The maximum absolute atomic E-state index is 13.2. The lowest BCUT2D eigenvalue weighted by molar-refractivity contribution is -0.136. The summed E-state index contributed by atoms with van der Waals surface area (Å²) < 4.78 is 0. The summed E-state index contributed by atoms with van der Waals surface area (Å²) >= 11 is 0. The molecule has 0 radical (unpaired) electrons. The number of carbonyl (C=O) groups is 2. The number of ketones is 2. The number of Topliss-reactive ketones (excluding diaryl/α,β-unsaturated/α-hetero) is 2. The third kappa shape index (κ3) is 3.63. The van der Waals surface area contributed by atoms with Gasteiger partial charge in [0.15, 0.2) is 11.6 Å². The summed E-state index contributed by atoms with van der Waals surface area (Å²) in [5.41, 5.74) is -0.108. The molecule has 2 aromatic carbocycles. The number of carbonyl (C=O) groups excluding carboxylic acids is 2.